The Kier molecular flexibility index (Phi) is 3.23. The number of aromatic nitrogens is 4. The Morgan fingerprint density at radius 1 is 0.846 bits per heavy atom. The van der Waals surface area contributed by atoms with E-state index >= 15 is 0 Å². The summed E-state index contributed by atoms with van der Waals surface area (Å²) >= 11 is 6.24. The Hall–Kier alpha value is -3.31. The number of nitrogens with zero attached hydrogens (tertiary/aromatic N) is 4. The molecule has 124 valence electrons. The molecular weight excluding hydrogens is 346 g/mol. The van der Waals surface area contributed by atoms with Crippen molar-refractivity contribution in [3.8, 4) is 11.1 Å². The fourth-order valence-corrected chi connectivity index (χ4v) is 3.60. The normalized spacial score (nSPS) is 11.4. The van der Waals surface area contributed by atoms with Crippen LogP contribution < -0.4 is 5.73 Å². The molecule has 0 saturated heterocycles. The molecule has 0 aliphatic heterocycles. The number of fused-ring (bicyclic) bond motifs is 5. The van der Waals surface area contributed by atoms with Gasteiger partial charge in [0.15, 0.2) is 0 Å². The van der Waals surface area contributed by atoms with Gasteiger partial charge < -0.3 is 5.73 Å². The monoisotopic (exact) mass is 357 g/mol. The van der Waals surface area contributed by atoms with E-state index in [9.17, 15) is 0 Å². The van der Waals surface area contributed by atoms with Crippen LogP contribution in [0.4, 0.5) is 5.69 Å². The molecule has 0 spiro atoms. The second-order valence-electron chi connectivity index (χ2n) is 6.06. The van der Waals surface area contributed by atoms with Crippen molar-refractivity contribution in [1.29, 1.82) is 0 Å². The van der Waals surface area contributed by atoms with E-state index < -0.39 is 0 Å². The molecule has 5 aromatic rings. The van der Waals surface area contributed by atoms with Crippen LogP contribution >= 0.6 is 11.6 Å². The van der Waals surface area contributed by atoms with Gasteiger partial charge in [0.25, 0.3) is 0 Å². The number of anilines is 1. The number of nitrogen functional groups attached to an aromatic ring is 1. The molecule has 0 fully saturated rings. The number of rotatable bonds is 1. The van der Waals surface area contributed by atoms with Gasteiger partial charge in [-0.3, -0.25) is 0 Å². The summed E-state index contributed by atoms with van der Waals surface area (Å²) in [5, 5.41) is 4.37. The van der Waals surface area contributed by atoms with Gasteiger partial charge in [-0.05, 0) is 40.8 Å². The van der Waals surface area contributed by atoms with E-state index in [2.05, 4.69) is 19.9 Å². The minimum Gasteiger partial charge on any atom is -0.398 e. The number of hydrogen-bond acceptors (Lipinski definition) is 5. The van der Waals surface area contributed by atoms with Crippen LogP contribution in [0.25, 0.3) is 43.7 Å². The third-order valence-electron chi connectivity index (χ3n) is 4.55. The molecule has 5 rings (SSSR count). The summed E-state index contributed by atoms with van der Waals surface area (Å²) in [6.45, 7) is 0. The first kappa shape index (κ1) is 15.0. The fourth-order valence-electron chi connectivity index (χ4n) is 3.41. The molecule has 0 radical (unpaired) electrons. The zero-order chi connectivity index (χ0) is 17.7. The maximum atomic E-state index is 6.28. The van der Waals surface area contributed by atoms with Crippen molar-refractivity contribution in [2.75, 3.05) is 5.73 Å². The lowest BCUT2D eigenvalue weighted by Gasteiger charge is -2.13. The third kappa shape index (κ3) is 2.18. The molecule has 0 amide bonds. The lowest BCUT2D eigenvalue weighted by Crippen LogP contribution is -1.95. The minimum absolute atomic E-state index is 0.626. The molecular formula is C20H12ClN5. The second kappa shape index (κ2) is 5.61. The van der Waals surface area contributed by atoms with E-state index in [0.29, 0.717) is 10.7 Å². The van der Waals surface area contributed by atoms with Crippen molar-refractivity contribution in [3.05, 3.63) is 66.5 Å². The number of hydrogen-bond donors (Lipinski definition) is 1. The van der Waals surface area contributed by atoms with Crippen molar-refractivity contribution >= 4 is 49.9 Å². The van der Waals surface area contributed by atoms with Crippen LogP contribution in [0.5, 0.6) is 0 Å². The number of halogens is 1. The molecule has 6 heteroatoms. The lowest BCUT2D eigenvalue weighted by molar-refractivity contribution is 1.22. The topological polar surface area (TPSA) is 77.6 Å². The standard InChI is InChI=1S/C20H12ClN5/c21-12-3-1-2-11(4-12)13-6-18-15(7-23-9-25-18)14-5-17(22)16-8-24-10-26-20(16)19(13)14/h1-10H,22H2. The van der Waals surface area contributed by atoms with E-state index in [1.165, 1.54) is 6.33 Å². The van der Waals surface area contributed by atoms with Crippen molar-refractivity contribution in [2.45, 2.75) is 0 Å². The molecule has 2 aromatic heterocycles. The average Bonchev–Trinajstić information content (AvgIpc) is 2.67. The zero-order valence-corrected chi connectivity index (χ0v) is 14.3. The largest absolute Gasteiger partial charge is 0.398 e. The van der Waals surface area contributed by atoms with Crippen LogP contribution in [0.15, 0.2) is 61.4 Å². The lowest BCUT2D eigenvalue weighted by atomic mass is 9.93. The van der Waals surface area contributed by atoms with Crippen molar-refractivity contribution in [1.82, 2.24) is 19.9 Å². The summed E-state index contributed by atoms with van der Waals surface area (Å²) in [4.78, 5) is 17.3. The summed E-state index contributed by atoms with van der Waals surface area (Å²) in [6.07, 6.45) is 6.63. The molecule has 0 aliphatic carbocycles. The number of nitrogens with two attached hydrogens (primary N) is 1. The predicted molar refractivity (Wildman–Crippen MR) is 105 cm³/mol. The van der Waals surface area contributed by atoms with Gasteiger partial charge in [-0.2, -0.15) is 0 Å². The molecule has 0 atom stereocenters. The summed E-state index contributed by atoms with van der Waals surface area (Å²) < 4.78 is 0. The highest BCUT2D eigenvalue weighted by Gasteiger charge is 2.15. The Labute approximate surface area is 153 Å². The maximum absolute atomic E-state index is 6.28. The van der Waals surface area contributed by atoms with Gasteiger partial charge in [0.05, 0.1) is 11.0 Å². The molecule has 0 unspecified atom stereocenters. The van der Waals surface area contributed by atoms with Gasteiger partial charge in [-0.15, -0.1) is 0 Å². The van der Waals surface area contributed by atoms with Crippen LogP contribution in [0.1, 0.15) is 0 Å². The quantitative estimate of drug-likeness (QED) is 0.349. The Morgan fingerprint density at radius 2 is 1.65 bits per heavy atom. The van der Waals surface area contributed by atoms with E-state index in [4.69, 9.17) is 17.3 Å². The zero-order valence-electron chi connectivity index (χ0n) is 13.5. The van der Waals surface area contributed by atoms with Gasteiger partial charge in [0.2, 0.25) is 0 Å². The Balaban J connectivity index is 2.07. The fraction of sp³-hybridized carbons (Fsp3) is 0. The average molecular weight is 358 g/mol. The number of benzene rings is 3. The van der Waals surface area contributed by atoms with Crippen LogP contribution in [-0.2, 0) is 0 Å². The summed E-state index contributed by atoms with van der Waals surface area (Å²) in [6, 6.07) is 11.7. The summed E-state index contributed by atoms with van der Waals surface area (Å²) in [5.41, 5.74) is 10.5. The Bertz CT molecular complexity index is 1320. The van der Waals surface area contributed by atoms with Crippen molar-refractivity contribution < 1.29 is 0 Å². The van der Waals surface area contributed by atoms with Crippen molar-refractivity contribution in [3.63, 3.8) is 0 Å². The first-order chi connectivity index (χ1) is 12.7. The highest BCUT2D eigenvalue weighted by molar-refractivity contribution is 6.31. The molecule has 0 saturated carbocycles. The predicted octanol–water partition coefficient (Wildman–Crippen LogP) is 4.63. The van der Waals surface area contributed by atoms with E-state index in [0.717, 1.165) is 43.7 Å². The van der Waals surface area contributed by atoms with Gasteiger partial charge in [-0.1, -0.05) is 23.7 Å². The smallest absolute Gasteiger partial charge is 0.116 e. The van der Waals surface area contributed by atoms with E-state index in [-0.39, 0.29) is 0 Å². The van der Waals surface area contributed by atoms with Crippen LogP contribution in [0.3, 0.4) is 0 Å². The molecule has 0 bridgehead atoms. The third-order valence-corrected chi connectivity index (χ3v) is 4.78. The molecule has 2 N–H and O–H groups in total. The Morgan fingerprint density at radius 3 is 2.50 bits per heavy atom. The minimum atomic E-state index is 0.626. The summed E-state index contributed by atoms with van der Waals surface area (Å²) in [7, 11) is 0. The molecule has 2 heterocycles. The first-order valence-electron chi connectivity index (χ1n) is 8.03. The molecule has 5 nitrogen and oxygen atoms in total. The molecule has 3 aromatic carbocycles. The first-order valence-corrected chi connectivity index (χ1v) is 8.41. The van der Waals surface area contributed by atoms with Crippen LogP contribution in [-0.4, -0.2) is 19.9 Å². The molecule has 0 aliphatic rings. The van der Waals surface area contributed by atoms with Crippen molar-refractivity contribution in [2.24, 2.45) is 0 Å². The highest BCUT2D eigenvalue weighted by Crippen LogP contribution is 2.39. The van der Waals surface area contributed by atoms with Gasteiger partial charge in [-0.25, -0.2) is 19.9 Å². The van der Waals surface area contributed by atoms with Gasteiger partial charge in [0, 0.05) is 39.3 Å². The van der Waals surface area contributed by atoms with Crippen LogP contribution in [0.2, 0.25) is 5.02 Å². The van der Waals surface area contributed by atoms with E-state index in [1.807, 2.05) is 36.4 Å². The van der Waals surface area contributed by atoms with Crippen LogP contribution in [0, 0.1) is 0 Å². The highest BCUT2D eigenvalue weighted by atomic mass is 35.5. The van der Waals surface area contributed by atoms with Gasteiger partial charge in [0.1, 0.15) is 12.7 Å². The maximum Gasteiger partial charge on any atom is 0.116 e. The SMILES string of the molecule is Nc1cc2c3cncnc3cc(-c3cccc(Cl)c3)c2c2ncncc12. The van der Waals surface area contributed by atoms with Gasteiger partial charge >= 0.3 is 0 Å². The second-order valence-corrected chi connectivity index (χ2v) is 6.50. The summed E-state index contributed by atoms with van der Waals surface area (Å²) in [5.74, 6) is 0. The van der Waals surface area contributed by atoms with E-state index in [1.54, 1.807) is 18.7 Å². The molecule has 26 heavy (non-hydrogen) atoms.